The van der Waals surface area contributed by atoms with Gasteiger partial charge in [0.05, 0.1) is 29.5 Å². The molecule has 11 heteroatoms. The van der Waals surface area contributed by atoms with Crippen LogP contribution < -0.4 is 16.0 Å². The Labute approximate surface area is 186 Å². The Morgan fingerprint density at radius 2 is 2.16 bits per heavy atom. The molecule has 4 heterocycles. The van der Waals surface area contributed by atoms with Gasteiger partial charge in [-0.05, 0) is 25.0 Å². The van der Waals surface area contributed by atoms with E-state index in [9.17, 15) is 4.79 Å². The maximum absolute atomic E-state index is 15.4. The number of carbonyl (C=O) groups is 1. The second-order valence-corrected chi connectivity index (χ2v) is 8.27. The number of hydrogen-bond acceptors (Lipinski definition) is 6. The molecule has 3 aromatic heterocycles. The molecule has 32 heavy (non-hydrogen) atoms. The molecule has 4 N–H and O–H groups in total. The average Bonchev–Trinajstić information content (AvgIpc) is 3.13. The van der Waals surface area contributed by atoms with E-state index in [0.717, 1.165) is 12.8 Å². The highest BCUT2D eigenvalue weighted by molar-refractivity contribution is 6.36. The predicted molar refractivity (Wildman–Crippen MR) is 121 cm³/mol. The number of amides is 1. The molecule has 0 radical (unpaired) electrons. The van der Waals surface area contributed by atoms with E-state index in [0.29, 0.717) is 52.5 Å². The van der Waals surface area contributed by atoms with Gasteiger partial charge in [0.25, 0.3) is 0 Å². The van der Waals surface area contributed by atoms with Crippen LogP contribution in [0.5, 0.6) is 0 Å². The van der Waals surface area contributed by atoms with Crippen molar-refractivity contribution in [3.63, 3.8) is 0 Å². The number of fused-ring (bicyclic) bond motifs is 2. The summed E-state index contributed by atoms with van der Waals surface area (Å²) in [5.74, 6) is 0.448. The van der Waals surface area contributed by atoms with Crippen LogP contribution in [-0.2, 0) is 4.79 Å². The van der Waals surface area contributed by atoms with Gasteiger partial charge in [-0.15, -0.1) is 0 Å². The number of aromatic amines is 1. The van der Waals surface area contributed by atoms with Crippen molar-refractivity contribution in [3.05, 3.63) is 41.6 Å². The molecule has 0 unspecified atom stereocenters. The maximum Gasteiger partial charge on any atom is 0.228 e. The molecule has 6 rings (SSSR count). The monoisotopic (exact) mass is 452 g/mol. The standard InChI is InChI=1S/C21H18ClFN8O/c22-16-15(12-7-26-30-18(12)19(17(16)23)29-21-24-5-6-25-21)11-3-4-14-27-13(9-31(14)8-11)28-20(32)10-1-2-10/h3-4,7-10H,1-2,5-6H2,(H,26,30)(H,28,32)(H2,24,25,29). The number of aliphatic imine (C=N–C) groups is 1. The van der Waals surface area contributed by atoms with Crippen LogP contribution in [0.4, 0.5) is 15.9 Å². The number of guanidine groups is 1. The number of rotatable bonds is 4. The third-order valence-electron chi connectivity index (χ3n) is 5.65. The number of anilines is 2. The number of imidazole rings is 1. The number of nitrogens with one attached hydrogen (secondary N) is 4. The number of halogens is 2. The van der Waals surface area contributed by atoms with Crippen molar-refractivity contribution in [2.75, 3.05) is 23.7 Å². The van der Waals surface area contributed by atoms with Gasteiger partial charge in [-0.1, -0.05) is 11.6 Å². The second kappa shape index (κ2) is 7.20. The van der Waals surface area contributed by atoms with Crippen molar-refractivity contribution in [2.45, 2.75) is 12.8 Å². The summed E-state index contributed by atoms with van der Waals surface area (Å²) in [5.41, 5.74) is 2.53. The maximum atomic E-state index is 15.4. The Morgan fingerprint density at radius 3 is 2.94 bits per heavy atom. The fourth-order valence-electron chi connectivity index (χ4n) is 3.89. The predicted octanol–water partition coefficient (Wildman–Crippen LogP) is 3.39. The quantitative estimate of drug-likeness (QED) is 0.379. The van der Waals surface area contributed by atoms with E-state index in [4.69, 9.17) is 11.6 Å². The first-order valence-corrected chi connectivity index (χ1v) is 10.7. The van der Waals surface area contributed by atoms with Crippen LogP contribution in [0, 0.1) is 11.7 Å². The number of nitrogens with zero attached hydrogens (tertiary/aromatic N) is 4. The highest BCUT2D eigenvalue weighted by Gasteiger charge is 2.30. The smallest absolute Gasteiger partial charge is 0.228 e. The van der Waals surface area contributed by atoms with Crippen molar-refractivity contribution < 1.29 is 9.18 Å². The third kappa shape index (κ3) is 3.14. The zero-order valence-corrected chi connectivity index (χ0v) is 17.5. The minimum absolute atomic E-state index is 0.0108. The van der Waals surface area contributed by atoms with Crippen LogP contribution in [0.3, 0.4) is 0 Å². The molecule has 1 aliphatic carbocycles. The Hall–Kier alpha value is -3.66. The first-order valence-electron chi connectivity index (χ1n) is 10.3. The van der Waals surface area contributed by atoms with Gasteiger partial charge in [0.15, 0.2) is 17.6 Å². The van der Waals surface area contributed by atoms with Gasteiger partial charge in [-0.25, -0.2) is 9.37 Å². The molecule has 1 fully saturated rings. The van der Waals surface area contributed by atoms with E-state index in [1.807, 2.05) is 6.07 Å². The van der Waals surface area contributed by atoms with E-state index in [1.165, 1.54) is 0 Å². The van der Waals surface area contributed by atoms with Crippen molar-refractivity contribution in [2.24, 2.45) is 10.9 Å². The summed E-state index contributed by atoms with van der Waals surface area (Å²) in [6, 6.07) is 3.61. The fraction of sp³-hybridized carbons (Fsp3) is 0.238. The fourth-order valence-corrected chi connectivity index (χ4v) is 4.19. The Morgan fingerprint density at radius 1 is 1.28 bits per heavy atom. The van der Waals surface area contributed by atoms with Crippen molar-refractivity contribution in [1.82, 2.24) is 24.9 Å². The van der Waals surface area contributed by atoms with Gasteiger partial charge in [0, 0.05) is 35.2 Å². The molecular formula is C21H18ClFN8O. The number of aromatic nitrogens is 4. The highest BCUT2D eigenvalue weighted by atomic mass is 35.5. The highest BCUT2D eigenvalue weighted by Crippen LogP contribution is 2.41. The molecular weight excluding hydrogens is 435 g/mol. The minimum Gasteiger partial charge on any atom is -0.354 e. The first-order chi connectivity index (χ1) is 15.6. The molecule has 0 saturated heterocycles. The van der Waals surface area contributed by atoms with Crippen LogP contribution in [0.2, 0.25) is 5.02 Å². The lowest BCUT2D eigenvalue weighted by molar-refractivity contribution is -0.117. The van der Waals surface area contributed by atoms with Crippen LogP contribution in [0.25, 0.3) is 27.7 Å². The van der Waals surface area contributed by atoms with Crippen molar-refractivity contribution >= 4 is 51.5 Å². The van der Waals surface area contributed by atoms with Crippen molar-refractivity contribution in [1.29, 1.82) is 0 Å². The summed E-state index contributed by atoms with van der Waals surface area (Å²) in [6.07, 6.45) is 6.99. The molecule has 9 nitrogen and oxygen atoms in total. The zero-order valence-electron chi connectivity index (χ0n) is 16.7. The number of pyridine rings is 1. The van der Waals surface area contributed by atoms with E-state index >= 15 is 4.39 Å². The third-order valence-corrected chi connectivity index (χ3v) is 6.00. The van der Waals surface area contributed by atoms with Crippen LogP contribution in [0.15, 0.2) is 35.7 Å². The minimum atomic E-state index is -0.599. The topological polar surface area (TPSA) is 112 Å². The normalized spacial score (nSPS) is 15.8. The van der Waals surface area contributed by atoms with Gasteiger partial charge in [0.1, 0.15) is 11.3 Å². The van der Waals surface area contributed by atoms with Crippen molar-refractivity contribution in [3.8, 4) is 11.1 Å². The molecule has 1 aliphatic heterocycles. The summed E-state index contributed by atoms with van der Waals surface area (Å²) < 4.78 is 17.1. The summed E-state index contributed by atoms with van der Waals surface area (Å²) in [5, 5.41) is 16.5. The molecule has 1 amide bonds. The lowest BCUT2D eigenvalue weighted by Gasteiger charge is -2.14. The van der Waals surface area contributed by atoms with E-state index in [-0.39, 0.29) is 22.5 Å². The molecule has 1 aromatic carbocycles. The lowest BCUT2D eigenvalue weighted by atomic mass is 10.0. The summed E-state index contributed by atoms with van der Waals surface area (Å²) in [6.45, 7) is 1.31. The van der Waals surface area contributed by atoms with Gasteiger partial charge in [0.2, 0.25) is 5.91 Å². The summed E-state index contributed by atoms with van der Waals surface area (Å²) in [7, 11) is 0. The van der Waals surface area contributed by atoms with Gasteiger partial charge in [-0.2, -0.15) is 5.10 Å². The molecule has 2 aliphatic rings. The lowest BCUT2D eigenvalue weighted by Crippen LogP contribution is -2.26. The van der Waals surface area contributed by atoms with Crippen LogP contribution in [-0.4, -0.2) is 44.5 Å². The largest absolute Gasteiger partial charge is 0.354 e. The molecule has 1 saturated carbocycles. The second-order valence-electron chi connectivity index (χ2n) is 7.89. The zero-order chi connectivity index (χ0) is 21.8. The summed E-state index contributed by atoms with van der Waals surface area (Å²) >= 11 is 6.52. The first kappa shape index (κ1) is 19.1. The van der Waals surface area contributed by atoms with Gasteiger partial charge in [-0.3, -0.25) is 14.9 Å². The number of carbonyl (C=O) groups excluding carboxylic acids is 1. The van der Waals surface area contributed by atoms with E-state index in [2.05, 4.69) is 36.1 Å². The van der Waals surface area contributed by atoms with Crippen LogP contribution in [0.1, 0.15) is 12.8 Å². The average molecular weight is 453 g/mol. The summed E-state index contributed by atoms with van der Waals surface area (Å²) in [4.78, 5) is 20.7. The molecule has 0 bridgehead atoms. The van der Waals surface area contributed by atoms with Crippen LogP contribution >= 0.6 is 11.6 Å². The van der Waals surface area contributed by atoms with Gasteiger partial charge < -0.3 is 20.4 Å². The SMILES string of the molecule is O=C(Nc1cn2cc(-c3c(Cl)c(F)c(NC4=NCCN4)c4[nH]ncc34)ccc2n1)C1CC1. The molecule has 162 valence electrons. The number of H-pyrrole nitrogens is 1. The number of hydrogen-bond donors (Lipinski definition) is 4. The van der Waals surface area contributed by atoms with Gasteiger partial charge >= 0.3 is 0 Å². The Bertz CT molecular complexity index is 1420. The Balaban J connectivity index is 1.42. The van der Waals surface area contributed by atoms with E-state index in [1.54, 1.807) is 29.1 Å². The Kier molecular flexibility index (Phi) is 4.29. The molecule has 0 atom stereocenters. The molecule has 0 spiro atoms. The number of benzene rings is 1. The van der Waals surface area contributed by atoms with E-state index < -0.39 is 5.82 Å². The molecule has 4 aromatic rings.